The van der Waals surface area contributed by atoms with E-state index in [1.54, 1.807) is 0 Å². The minimum absolute atomic E-state index is 0.0487. The van der Waals surface area contributed by atoms with Gasteiger partial charge in [0.05, 0.1) is 21.2 Å². The third-order valence-electron chi connectivity index (χ3n) is 11.3. The molecule has 0 radical (unpaired) electrons. The number of hydrogen-bond donors (Lipinski definition) is 10. The van der Waals surface area contributed by atoms with Crippen LogP contribution in [0.5, 0.6) is 0 Å². The predicted molar refractivity (Wildman–Crippen MR) is 277 cm³/mol. The van der Waals surface area contributed by atoms with Crippen LogP contribution in [0.25, 0.3) is 21.5 Å². The summed E-state index contributed by atoms with van der Waals surface area (Å²) in [5, 5.41) is 13.7. The lowest BCUT2D eigenvalue weighted by atomic mass is 10.1. The molecule has 0 saturated carbocycles. The van der Waals surface area contributed by atoms with Crippen molar-refractivity contribution in [3.63, 3.8) is 0 Å². The van der Waals surface area contributed by atoms with Gasteiger partial charge < -0.3 is 31.9 Å². The van der Waals surface area contributed by atoms with Crippen molar-refractivity contribution in [2.75, 3.05) is 31.9 Å². The number of amides is 6. The van der Waals surface area contributed by atoms with Crippen molar-refractivity contribution in [3.8, 4) is 0 Å². The average molecular weight is 1150 g/mol. The van der Waals surface area contributed by atoms with Crippen LogP contribution in [0, 0.1) is 11.6 Å². The normalized spacial score (nSPS) is 11.9. The van der Waals surface area contributed by atoms with Gasteiger partial charge in [0.25, 0.3) is 64.1 Å². The van der Waals surface area contributed by atoms with Crippen molar-refractivity contribution in [1.29, 1.82) is 0 Å². The van der Waals surface area contributed by atoms with Gasteiger partial charge in [-0.25, -0.2) is 13.6 Å². The molecule has 8 aromatic carbocycles. The van der Waals surface area contributed by atoms with Gasteiger partial charge in [0.2, 0.25) is 0 Å². The lowest BCUT2D eigenvalue weighted by Crippen LogP contribution is -2.21. The zero-order valence-corrected chi connectivity index (χ0v) is 42.1. The van der Waals surface area contributed by atoms with Gasteiger partial charge in [0.15, 0.2) is 0 Å². The first kappa shape index (κ1) is 55.2. The Morgan fingerprint density at radius 1 is 0.333 bits per heavy atom. The van der Waals surface area contributed by atoms with Crippen molar-refractivity contribution in [2.45, 2.75) is 19.6 Å². The minimum Gasteiger partial charge on any atom is -0.321 e. The van der Waals surface area contributed by atoms with Crippen LogP contribution in [0.3, 0.4) is 0 Å². The summed E-state index contributed by atoms with van der Waals surface area (Å²) in [7, 11) is -19.5. The molecule has 0 atom stereocenters. The van der Waals surface area contributed by atoms with Crippen molar-refractivity contribution < 1.29 is 84.6 Å². The summed E-state index contributed by atoms with van der Waals surface area (Å²) >= 11 is 0. The van der Waals surface area contributed by atoms with Gasteiger partial charge in [0.1, 0.15) is 21.4 Å². The van der Waals surface area contributed by atoms with Gasteiger partial charge in [-0.1, -0.05) is 24.3 Å². The Hall–Kier alpha value is -9.07. The SMILES string of the molecule is O=C(Nc1cccc(C(=O)Nc2cc(C(=O)Nc3ccc(S(=O)(=O)O)c4cc(S(=O)(=O)O)ccc34)ccc2F)c1)Nc1cccc(C(=O)Nc2cc(C(=O)Nc3ccc(S(=O)(=O)O)c4cc(S(=O)(=O)O)ccc34)ccc2F)c1. The summed E-state index contributed by atoms with van der Waals surface area (Å²) in [5.74, 6) is -5.58. The highest BCUT2D eigenvalue weighted by atomic mass is 32.2. The Bertz CT molecular complexity index is 4100. The molecule has 0 saturated heterocycles. The maximum absolute atomic E-state index is 15.1. The largest absolute Gasteiger partial charge is 0.323 e. The maximum Gasteiger partial charge on any atom is 0.323 e. The molecule has 8 aromatic rings. The van der Waals surface area contributed by atoms with E-state index in [1.807, 2.05) is 0 Å². The number of carbonyl (C=O) groups is 5. The minimum atomic E-state index is -4.93. The van der Waals surface area contributed by atoms with Crippen LogP contribution in [0.2, 0.25) is 0 Å². The zero-order valence-electron chi connectivity index (χ0n) is 38.8. The van der Waals surface area contributed by atoms with E-state index in [0.717, 1.165) is 97.1 Å². The molecule has 78 heavy (non-hydrogen) atoms. The Kier molecular flexibility index (Phi) is 15.0. The summed E-state index contributed by atoms with van der Waals surface area (Å²) in [5.41, 5.74) is -1.70. The van der Waals surface area contributed by atoms with Crippen LogP contribution in [0.15, 0.2) is 165 Å². The first-order chi connectivity index (χ1) is 36.5. The molecule has 10 N–H and O–H groups in total. The van der Waals surface area contributed by atoms with Gasteiger partial charge in [-0.2, -0.15) is 33.7 Å². The van der Waals surface area contributed by atoms with E-state index >= 15 is 8.78 Å². The second kappa shape index (κ2) is 21.2. The summed E-state index contributed by atoms with van der Waals surface area (Å²) in [6.07, 6.45) is 0. The highest BCUT2D eigenvalue weighted by Crippen LogP contribution is 2.34. The number of carbonyl (C=O) groups excluding carboxylic acids is 5. The number of nitrogens with one attached hydrogen (secondary N) is 6. The summed E-state index contributed by atoms with van der Waals surface area (Å²) < 4.78 is 164. The number of halogens is 2. The molecule has 0 unspecified atom stereocenters. The molecule has 6 amide bonds. The fourth-order valence-electron chi connectivity index (χ4n) is 7.66. The van der Waals surface area contributed by atoms with Crippen LogP contribution >= 0.6 is 0 Å². The molecular formula is C49H34F2N6O17S4. The van der Waals surface area contributed by atoms with Crippen LogP contribution < -0.4 is 31.9 Å². The van der Waals surface area contributed by atoms with E-state index in [4.69, 9.17) is 0 Å². The third-order valence-corrected chi connectivity index (χ3v) is 14.8. The molecule has 0 aliphatic carbocycles. The zero-order chi connectivity index (χ0) is 56.6. The monoisotopic (exact) mass is 1140 g/mol. The summed E-state index contributed by atoms with van der Waals surface area (Å²) in [4.78, 5) is 63.7. The van der Waals surface area contributed by atoms with E-state index in [2.05, 4.69) is 31.9 Å². The molecule has 0 aliphatic heterocycles. The predicted octanol–water partition coefficient (Wildman–Crippen LogP) is 7.91. The first-order valence-electron chi connectivity index (χ1n) is 21.7. The fraction of sp³-hybridized carbons (Fsp3) is 0. The average Bonchev–Trinajstić information content (AvgIpc) is 3.44. The van der Waals surface area contributed by atoms with Crippen LogP contribution in [0.1, 0.15) is 41.4 Å². The number of hydrogen-bond acceptors (Lipinski definition) is 13. The second-order valence-corrected chi connectivity index (χ2v) is 22.1. The van der Waals surface area contributed by atoms with Gasteiger partial charge in [-0.15, -0.1) is 0 Å². The third kappa shape index (κ3) is 12.4. The van der Waals surface area contributed by atoms with Gasteiger partial charge in [0, 0.05) is 66.5 Å². The topological polar surface area (TPSA) is 375 Å². The standard InChI is InChI=1S/C49H34F2N6O17S4/c50-37-13-7-27(47(60)54-39-15-17-43(77(69,70)71)35-23-31(75(63,64)65)9-11-33(35)39)21-41(37)56-45(58)25-3-1-5-29(19-25)52-49(62)53-30-6-2-4-26(20-30)46(59)57-42-22-28(8-14-38(42)51)48(61)55-40-16-18-44(78(72,73)74)36-24-32(76(66,67)68)10-12-34(36)40/h1-24H,(H,54,60)(H,55,61)(H,56,58)(H,57,59)(H2,52,53,62)(H,63,64,65)(H,66,67,68)(H,69,70,71)(H,72,73,74). The van der Waals surface area contributed by atoms with E-state index in [1.165, 1.54) is 48.5 Å². The maximum atomic E-state index is 15.1. The van der Waals surface area contributed by atoms with E-state index in [9.17, 15) is 75.9 Å². The molecular weight excluding hydrogens is 1110 g/mol. The van der Waals surface area contributed by atoms with Crippen LogP contribution in [-0.4, -0.2) is 81.5 Å². The molecule has 0 heterocycles. The molecule has 0 aromatic heterocycles. The van der Waals surface area contributed by atoms with E-state index in [0.29, 0.717) is 0 Å². The molecule has 0 spiro atoms. The van der Waals surface area contributed by atoms with Crippen molar-refractivity contribution in [3.05, 3.63) is 179 Å². The summed E-state index contributed by atoms with van der Waals surface area (Å²) in [6, 6.07) is 25.0. The molecule has 0 bridgehead atoms. The summed E-state index contributed by atoms with van der Waals surface area (Å²) in [6.45, 7) is 0. The Morgan fingerprint density at radius 2 is 0.679 bits per heavy atom. The van der Waals surface area contributed by atoms with Gasteiger partial charge >= 0.3 is 6.03 Å². The second-order valence-electron chi connectivity index (χ2n) is 16.5. The number of fused-ring (bicyclic) bond motifs is 2. The van der Waals surface area contributed by atoms with Crippen LogP contribution in [-0.2, 0) is 40.5 Å². The molecule has 23 nitrogen and oxygen atoms in total. The number of rotatable bonds is 14. The number of benzene rings is 8. The Balaban J connectivity index is 0.907. The smallest absolute Gasteiger partial charge is 0.321 e. The lowest BCUT2D eigenvalue weighted by molar-refractivity contribution is 0.101. The van der Waals surface area contributed by atoms with E-state index in [-0.39, 0.29) is 66.5 Å². The first-order valence-corrected chi connectivity index (χ1v) is 27.5. The fourth-order valence-corrected chi connectivity index (χ4v) is 10.0. The number of urea groups is 1. The van der Waals surface area contributed by atoms with Crippen molar-refractivity contribution in [1.82, 2.24) is 0 Å². The van der Waals surface area contributed by atoms with Crippen molar-refractivity contribution >= 4 is 126 Å². The molecule has 8 rings (SSSR count). The van der Waals surface area contributed by atoms with Crippen LogP contribution in [0.4, 0.5) is 47.7 Å². The van der Waals surface area contributed by atoms with E-state index < -0.39 is 113 Å². The highest BCUT2D eigenvalue weighted by Gasteiger charge is 2.24. The molecule has 0 aliphatic rings. The Morgan fingerprint density at radius 3 is 1.03 bits per heavy atom. The molecule has 0 fully saturated rings. The highest BCUT2D eigenvalue weighted by molar-refractivity contribution is 7.87. The Labute approximate surface area is 439 Å². The van der Waals surface area contributed by atoms with Gasteiger partial charge in [-0.3, -0.25) is 37.4 Å². The molecule has 400 valence electrons. The lowest BCUT2D eigenvalue weighted by Gasteiger charge is -2.14. The van der Waals surface area contributed by atoms with Crippen molar-refractivity contribution in [2.24, 2.45) is 0 Å². The van der Waals surface area contributed by atoms with Gasteiger partial charge in [-0.05, 0) is 121 Å². The molecule has 29 heteroatoms. The quantitative estimate of drug-likeness (QED) is 0.0462. The number of anilines is 6.